The average Bonchev–Trinajstić information content (AvgIpc) is 2.38. The molecule has 2 aromatic rings. The molecule has 0 aliphatic rings. The first-order chi connectivity index (χ1) is 9.10. The highest BCUT2D eigenvalue weighted by atomic mass is 16.5. The molecule has 3 N–H and O–H groups in total. The first-order valence-electron chi connectivity index (χ1n) is 5.97. The molecule has 0 aliphatic carbocycles. The molecule has 0 aliphatic heterocycles. The lowest BCUT2D eigenvalue weighted by Gasteiger charge is -2.09. The van der Waals surface area contributed by atoms with E-state index in [0.29, 0.717) is 6.42 Å². The molecule has 19 heavy (non-hydrogen) atoms. The highest BCUT2D eigenvalue weighted by molar-refractivity contribution is 5.52. The minimum Gasteiger partial charge on any atom is -0.508 e. The summed E-state index contributed by atoms with van der Waals surface area (Å²) in [5.41, 5.74) is 1.90. The zero-order chi connectivity index (χ0) is 13.8. The van der Waals surface area contributed by atoms with E-state index in [1.165, 1.54) is 7.11 Å². The molecule has 0 fully saturated rings. The predicted octanol–water partition coefficient (Wildman–Crippen LogP) is 2.60. The Morgan fingerprint density at radius 2 is 1.37 bits per heavy atom. The summed E-state index contributed by atoms with van der Waals surface area (Å²) in [4.78, 5) is 0. The number of ether oxygens (including phenoxy) is 1. The molecule has 0 bridgehead atoms. The van der Waals surface area contributed by atoms with Gasteiger partial charge in [0.2, 0.25) is 5.75 Å². The summed E-state index contributed by atoms with van der Waals surface area (Å²) in [6.07, 6.45) is 1.43. The van der Waals surface area contributed by atoms with Gasteiger partial charge in [-0.25, -0.2) is 0 Å². The zero-order valence-electron chi connectivity index (χ0n) is 10.6. The van der Waals surface area contributed by atoms with Crippen LogP contribution in [0.1, 0.15) is 11.1 Å². The summed E-state index contributed by atoms with van der Waals surface area (Å²) in [6, 6.07) is 10.1. The smallest absolute Gasteiger partial charge is 0.202 e. The van der Waals surface area contributed by atoms with Crippen molar-refractivity contribution in [3.8, 4) is 23.0 Å². The van der Waals surface area contributed by atoms with E-state index < -0.39 is 0 Å². The maximum Gasteiger partial charge on any atom is 0.202 e. The standard InChI is InChI=1S/C15H16O4/c1-19-15-13(17)8-11(9-14(15)18)3-2-10-4-6-12(16)7-5-10/h4-9,16-18H,2-3H2,1H3. The van der Waals surface area contributed by atoms with E-state index in [0.717, 1.165) is 17.5 Å². The Morgan fingerprint density at radius 1 is 0.842 bits per heavy atom. The third-order valence-corrected chi connectivity index (χ3v) is 2.95. The Kier molecular flexibility index (Phi) is 3.80. The van der Waals surface area contributed by atoms with Crippen molar-refractivity contribution in [2.75, 3.05) is 7.11 Å². The Hall–Kier alpha value is -2.36. The van der Waals surface area contributed by atoms with Crippen LogP contribution in [-0.2, 0) is 12.8 Å². The molecule has 0 aromatic heterocycles. The fourth-order valence-corrected chi connectivity index (χ4v) is 1.96. The van der Waals surface area contributed by atoms with Gasteiger partial charge in [-0.2, -0.15) is 0 Å². The molecule has 2 rings (SSSR count). The van der Waals surface area contributed by atoms with Crippen LogP contribution in [0, 0.1) is 0 Å². The first-order valence-corrected chi connectivity index (χ1v) is 5.97. The third kappa shape index (κ3) is 3.10. The molecule has 4 heteroatoms. The van der Waals surface area contributed by atoms with E-state index in [-0.39, 0.29) is 23.0 Å². The molecule has 0 saturated carbocycles. The van der Waals surface area contributed by atoms with E-state index in [1.54, 1.807) is 24.3 Å². The summed E-state index contributed by atoms with van der Waals surface area (Å²) in [5.74, 6) is 0.197. The number of methoxy groups -OCH3 is 1. The molecule has 4 nitrogen and oxygen atoms in total. The van der Waals surface area contributed by atoms with E-state index in [1.807, 2.05) is 12.1 Å². The monoisotopic (exact) mass is 260 g/mol. The van der Waals surface area contributed by atoms with E-state index >= 15 is 0 Å². The van der Waals surface area contributed by atoms with Gasteiger partial charge < -0.3 is 20.1 Å². The molecule has 0 heterocycles. The number of benzene rings is 2. The average molecular weight is 260 g/mol. The number of hydrogen-bond donors (Lipinski definition) is 3. The van der Waals surface area contributed by atoms with E-state index in [2.05, 4.69) is 0 Å². The Morgan fingerprint density at radius 3 is 1.89 bits per heavy atom. The Labute approximate surface area is 111 Å². The van der Waals surface area contributed by atoms with Gasteiger partial charge in [0.15, 0.2) is 11.5 Å². The third-order valence-electron chi connectivity index (χ3n) is 2.95. The van der Waals surface area contributed by atoms with E-state index in [9.17, 15) is 15.3 Å². The summed E-state index contributed by atoms with van der Waals surface area (Å²) < 4.78 is 4.88. The lowest BCUT2D eigenvalue weighted by atomic mass is 10.0. The SMILES string of the molecule is COc1c(O)cc(CCc2ccc(O)cc2)cc1O. The van der Waals surface area contributed by atoms with Crippen molar-refractivity contribution >= 4 is 0 Å². The van der Waals surface area contributed by atoms with Gasteiger partial charge in [0.1, 0.15) is 5.75 Å². The Balaban J connectivity index is 2.09. The van der Waals surface area contributed by atoms with Crippen LogP contribution in [0.3, 0.4) is 0 Å². The first kappa shape index (κ1) is 13.1. The molecule has 0 atom stereocenters. The van der Waals surface area contributed by atoms with Gasteiger partial charge in [-0.05, 0) is 48.2 Å². The van der Waals surface area contributed by atoms with Crippen LogP contribution in [0.2, 0.25) is 0 Å². The van der Waals surface area contributed by atoms with Crippen molar-refractivity contribution in [2.45, 2.75) is 12.8 Å². The normalized spacial score (nSPS) is 10.4. The molecule has 2 aromatic carbocycles. The van der Waals surface area contributed by atoms with Crippen molar-refractivity contribution < 1.29 is 20.1 Å². The second kappa shape index (κ2) is 5.52. The minimum atomic E-state index is -0.0665. The van der Waals surface area contributed by atoms with Crippen LogP contribution in [0.5, 0.6) is 23.0 Å². The van der Waals surface area contributed by atoms with Crippen LogP contribution in [0.25, 0.3) is 0 Å². The number of rotatable bonds is 4. The molecular formula is C15H16O4. The summed E-state index contributed by atoms with van der Waals surface area (Å²) in [6.45, 7) is 0. The second-order valence-corrected chi connectivity index (χ2v) is 4.33. The number of phenols is 3. The molecule has 100 valence electrons. The van der Waals surface area contributed by atoms with Crippen molar-refractivity contribution in [2.24, 2.45) is 0 Å². The maximum atomic E-state index is 9.69. The quantitative estimate of drug-likeness (QED) is 0.790. The molecule has 0 spiro atoms. The summed E-state index contributed by atoms with van der Waals surface area (Å²) in [7, 11) is 1.39. The fraction of sp³-hybridized carbons (Fsp3) is 0.200. The van der Waals surface area contributed by atoms with Gasteiger partial charge >= 0.3 is 0 Å². The molecule has 0 radical (unpaired) electrons. The summed E-state index contributed by atoms with van der Waals surface area (Å²) in [5, 5.41) is 28.6. The highest BCUT2D eigenvalue weighted by Crippen LogP contribution is 2.36. The number of hydrogen-bond acceptors (Lipinski definition) is 4. The van der Waals surface area contributed by atoms with Crippen LogP contribution < -0.4 is 4.74 Å². The van der Waals surface area contributed by atoms with Crippen LogP contribution in [0.15, 0.2) is 36.4 Å². The molecule has 0 unspecified atom stereocenters. The summed E-state index contributed by atoms with van der Waals surface area (Å²) >= 11 is 0. The molecular weight excluding hydrogens is 244 g/mol. The lowest BCUT2D eigenvalue weighted by Crippen LogP contribution is -1.93. The lowest BCUT2D eigenvalue weighted by molar-refractivity contribution is 0.344. The van der Waals surface area contributed by atoms with Gasteiger partial charge in [-0.1, -0.05) is 12.1 Å². The zero-order valence-corrected chi connectivity index (χ0v) is 10.6. The fourth-order valence-electron chi connectivity index (χ4n) is 1.96. The van der Waals surface area contributed by atoms with Gasteiger partial charge in [-0.3, -0.25) is 0 Å². The second-order valence-electron chi connectivity index (χ2n) is 4.33. The number of aromatic hydroxyl groups is 3. The van der Waals surface area contributed by atoms with Crippen LogP contribution in [0.4, 0.5) is 0 Å². The maximum absolute atomic E-state index is 9.69. The topological polar surface area (TPSA) is 69.9 Å². The van der Waals surface area contributed by atoms with Crippen LogP contribution in [-0.4, -0.2) is 22.4 Å². The van der Waals surface area contributed by atoms with Gasteiger partial charge in [0, 0.05) is 0 Å². The largest absolute Gasteiger partial charge is 0.508 e. The van der Waals surface area contributed by atoms with Gasteiger partial charge in [-0.15, -0.1) is 0 Å². The van der Waals surface area contributed by atoms with Crippen molar-refractivity contribution in [3.63, 3.8) is 0 Å². The minimum absolute atomic E-state index is 0.0665. The molecule has 0 saturated heterocycles. The van der Waals surface area contributed by atoms with Crippen molar-refractivity contribution in [1.29, 1.82) is 0 Å². The van der Waals surface area contributed by atoms with Crippen LogP contribution >= 0.6 is 0 Å². The highest BCUT2D eigenvalue weighted by Gasteiger charge is 2.09. The number of aryl methyl sites for hydroxylation is 2. The van der Waals surface area contributed by atoms with Crippen molar-refractivity contribution in [3.05, 3.63) is 47.5 Å². The Bertz CT molecular complexity index is 538. The predicted molar refractivity (Wildman–Crippen MR) is 71.8 cm³/mol. The number of phenolic OH excluding ortho intramolecular Hbond substituents is 3. The van der Waals surface area contributed by atoms with Crippen molar-refractivity contribution in [1.82, 2.24) is 0 Å². The van der Waals surface area contributed by atoms with E-state index in [4.69, 9.17) is 4.74 Å². The van der Waals surface area contributed by atoms with Gasteiger partial charge in [0.25, 0.3) is 0 Å². The van der Waals surface area contributed by atoms with Gasteiger partial charge in [0.05, 0.1) is 7.11 Å². The molecule has 0 amide bonds.